The van der Waals surface area contributed by atoms with Crippen LogP contribution >= 0.6 is 15.9 Å². The van der Waals surface area contributed by atoms with E-state index in [1.54, 1.807) is 0 Å². The first-order valence-electron chi connectivity index (χ1n) is 7.39. The Bertz CT molecular complexity index is 438. The van der Waals surface area contributed by atoms with Gasteiger partial charge in [0.05, 0.1) is 4.47 Å². The van der Waals surface area contributed by atoms with Crippen molar-refractivity contribution in [1.82, 2.24) is 9.88 Å². The van der Waals surface area contributed by atoms with Crippen LogP contribution in [0.3, 0.4) is 0 Å². The van der Waals surface area contributed by atoms with Crippen molar-refractivity contribution in [2.45, 2.75) is 20.3 Å². The van der Waals surface area contributed by atoms with Crippen molar-refractivity contribution >= 4 is 21.7 Å². The third-order valence-electron chi connectivity index (χ3n) is 3.82. The minimum atomic E-state index is 0.575. The van der Waals surface area contributed by atoms with Crippen LogP contribution in [-0.2, 0) is 0 Å². The minimum absolute atomic E-state index is 0.575. The summed E-state index contributed by atoms with van der Waals surface area (Å²) in [6, 6.07) is 2.14. The SMILES string of the molecule is Cc1cnc(N2CCCN(CC(C)CN)CC2)c(Br)c1. The molecule has 1 aromatic rings. The predicted molar refractivity (Wildman–Crippen MR) is 88.2 cm³/mol. The maximum absolute atomic E-state index is 5.73. The molecule has 1 aliphatic rings. The lowest BCUT2D eigenvalue weighted by atomic mass is 10.1. The summed E-state index contributed by atoms with van der Waals surface area (Å²) in [7, 11) is 0. The summed E-state index contributed by atoms with van der Waals surface area (Å²) in [4.78, 5) is 9.50. The number of aryl methyl sites for hydroxylation is 1. The van der Waals surface area contributed by atoms with E-state index in [9.17, 15) is 0 Å². The molecule has 0 spiro atoms. The molecule has 1 saturated heterocycles. The lowest BCUT2D eigenvalue weighted by Crippen LogP contribution is -2.35. The zero-order valence-electron chi connectivity index (χ0n) is 12.5. The Balaban J connectivity index is 1.98. The first-order valence-corrected chi connectivity index (χ1v) is 8.19. The summed E-state index contributed by atoms with van der Waals surface area (Å²) >= 11 is 3.64. The summed E-state index contributed by atoms with van der Waals surface area (Å²) in [5.41, 5.74) is 6.92. The summed E-state index contributed by atoms with van der Waals surface area (Å²) in [5.74, 6) is 1.65. The van der Waals surface area contributed by atoms with Gasteiger partial charge in [0.15, 0.2) is 0 Å². The van der Waals surface area contributed by atoms with Gasteiger partial charge in [-0.25, -0.2) is 4.98 Å². The maximum Gasteiger partial charge on any atom is 0.142 e. The van der Waals surface area contributed by atoms with Gasteiger partial charge in [-0.1, -0.05) is 6.92 Å². The van der Waals surface area contributed by atoms with Crippen LogP contribution in [0.2, 0.25) is 0 Å². The van der Waals surface area contributed by atoms with E-state index in [1.165, 1.54) is 12.0 Å². The van der Waals surface area contributed by atoms with Crippen LogP contribution in [0.1, 0.15) is 18.9 Å². The lowest BCUT2D eigenvalue weighted by molar-refractivity contribution is 0.255. The number of rotatable bonds is 4. The number of hydrogen-bond acceptors (Lipinski definition) is 4. The summed E-state index contributed by atoms with van der Waals surface area (Å²) < 4.78 is 1.10. The highest BCUT2D eigenvalue weighted by molar-refractivity contribution is 9.10. The highest BCUT2D eigenvalue weighted by Crippen LogP contribution is 2.25. The number of nitrogens with two attached hydrogens (primary N) is 1. The highest BCUT2D eigenvalue weighted by atomic mass is 79.9. The standard InChI is InChI=1S/C15H25BrN4/c1-12-8-14(16)15(18-10-12)20-5-3-4-19(6-7-20)11-13(2)9-17/h8,10,13H,3-7,9,11,17H2,1-2H3. The molecule has 2 rings (SSSR count). The van der Waals surface area contributed by atoms with E-state index >= 15 is 0 Å². The quantitative estimate of drug-likeness (QED) is 0.913. The molecule has 4 nitrogen and oxygen atoms in total. The summed E-state index contributed by atoms with van der Waals surface area (Å²) in [6.45, 7) is 10.5. The molecule has 1 unspecified atom stereocenters. The number of pyridine rings is 1. The summed E-state index contributed by atoms with van der Waals surface area (Å²) in [6.07, 6.45) is 3.12. The average Bonchev–Trinajstić information content (AvgIpc) is 2.64. The molecule has 5 heteroatoms. The largest absolute Gasteiger partial charge is 0.354 e. The van der Waals surface area contributed by atoms with Crippen molar-refractivity contribution in [3.63, 3.8) is 0 Å². The molecular weight excluding hydrogens is 316 g/mol. The molecule has 0 bridgehead atoms. The summed E-state index contributed by atoms with van der Waals surface area (Å²) in [5, 5.41) is 0. The van der Waals surface area contributed by atoms with Crippen LogP contribution in [0.15, 0.2) is 16.7 Å². The van der Waals surface area contributed by atoms with Crippen LogP contribution in [0, 0.1) is 12.8 Å². The van der Waals surface area contributed by atoms with E-state index in [2.05, 4.69) is 50.6 Å². The number of aromatic nitrogens is 1. The molecule has 1 aromatic heterocycles. The molecule has 20 heavy (non-hydrogen) atoms. The van der Waals surface area contributed by atoms with Crippen molar-refractivity contribution in [1.29, 1.82) is 0 Å². The van der Waals surface area contributed by atoms with Crippen molar-refractivity contribution < 1.29 is 0 Å². The minimum Gasteiger partial charge on any atom is -0.354 e. The zero-order chi connectivity index (χ0) is 14.5. The molecule has 2 N–H and O–H groups in total. The van der Waals surface area contributed by atoms with E-state index in [1.807, 2.05) is 6.20 Å². The van der Waals surface area contributed by atoms with Crippen LogP contribution in [-0.4, -0.2) is 49.2 Å². The van der Waals surface area contributed by atoms with Gasteiger partial charge in [-0.2, -0.15) is 0 Å². The average molecular weight is 341 g/mol. The van der Waals surface area contributed by atoms with E-state index in [0.29, 0.717) is 5.92 Å². The van der Waals surface area contributed by atoms with Gasteiger partial charge in [-0.3, -0.25) is 0 Å². The van der Waals surface area contributed by atoms with Gasteiger partial charge in [0.1, 0.15) is 5.82 Å². The van der Waals surface area contributed by atoms with E-state index in [-0.39, 0.29) is 0 Å². The smallest absolute Gasteiger partial charge is 0.142 e. The molecule has 1 fully saturated rings. The van der Waals surface area contributed by atoms with Crippen LogP contribution < -0.4 is 10.6 Å². The van der Waals surface area contributed by atoms with Gasteiger partial charge in [-0.05, 0) is 59.9 Å². The molecule has 0 aliphatic carbocycles. The predicted octanol–water partition coefficient (Wildman–Crippen LogP) is 2.26. The van der Waals surface area contributed by atoms with Crippen molar-refractivity contribution in [2.75, 3.05) is 44.2 Å². The van der Waals surface area contributed by atoms with Crippen LogP contribution in [0.4, 0.5) is 5.82 Å². The van der Waals surface area contributed by atoms with E-state index in [4.69, 9.17) is 5.73 Å². The van der Waals surface area contributed by atoms with Crippen LogP contribution in [0.25, 0.3) is 0 Å². The van der Waals surface area contributed by atoms with Crippen molar-refractivity contribution in [3.05, 3.63) is 22.3 Å². The fourth-order valence-electron chi connectivity index (χ4n) is 2.64. The molecule has 0 saturated carbocycles. The second-order valence-electron chi connectivity index (χ2n) is 5.80. The second kappa shape index (κ2) is 7.38. The molecule has 2 heterocycles. The third-order valence-corrected chi connectivity index (χ3v) is 4.40. The van der Waals surface area contributed by atoms with Gasteiger partial charge >= 0.3 is 0 Å². The maximum atomic E-state index is 5.73. The monoisotopic (exact) mass is 340 g/mol. The van der Waals surface area contributed by atoms with Crippen LogP contribution in [0.5, 0.6) is 0 Å². The van der Waals surface area contributed by atoms with Crippen molar-refractivity contribution in [3.8, 4) is 0 Å². The van der Waals surface area contributed by atoms with Gasteiger partial charge < -0.3 is 15.5 Å². The molecule has 1 aliphatic heterocycles. The Hall–Kier alpha value is -0.650. The molecule has 0 aromatic carbocycles. The van der Waals surface area contributed by atoms with Crippen molar-refractivity contribution in [2.24, 2.45) is 11.7 Å². The number of halogens is 1. The fourth-order valence-corrected chi connectivity index (χ4v) is 3.35. The van der Waals surface area contributed by atoms with E-state index in [0.717, 1.165) is 49.6 Å². The zero-order valence-corrected chi connectivity index (χ0v) is 14.1. The Morgan fingerprint density at radius 2 is 2.15 bits per heavy atom. The molecule has 1 atom stereocenters. The van der Waals surface area contributed by atoms with Gasteiger partial charge in [0, 0.05) is 32.4 Å². The Morgan fingerprint density at radius 3 is 2.85 bits per heavy atom. The fraction of sp³-hybridized carbons (Fsp3) is 0.667. The number of anilines is 1. The first kappa shape index (κ1) is 15.7. The second-order valence-corrected chi connectivity index (χ2v) is 6.65. The third kappa shape index (κ3) is 4.17. The van der Waals surface area contributed by atoms with Gasteiger partial charge in [0.2, 0.25) is 0 Å². The molecular formula is C15H25BrN4. The Morgan fingerprint density at radius 1 is 1.35 bits per heavy atom. The molecule has 112 valence electrons. The highest BCUT2D eigenvalue weighted by Gasteiger charge is 2.18. The Kier molecular flexibility index (Phi) is 5.81. The van der Waals surface area contributed by atoms with Gasteiger partial charge in [0.25, 0.3) is 0 Å². The topological polar surface area (TPSA) is 45.4 Å². The first-order chi connectivity index (χ1) is 9.60. The number of hydrogen-bond donors (Lipinski definition) is 1. The molecule has 0 amide bonds. The normalized spacial score (nSPS) is 18.9. The number of nitrogens with zero attached hydrogens (tertiary/aromatic N) is 3. The Labute approximate surface area is 130 Å². The van der Waals surface area contributed by atoms with Gasteiger partial charge in [-0.15, -0.1) is 0 Å². The molecule has 0 radical (unpaired) electrons. The van der Waals surface area contributed by atoms with E-state index < -0.39 is 0 Å². The lowest BCUT2D eigenvalue weighted by Gasteiger charge is -2.25.